The van der Waals surface area contributed by atoms with E-state index in [2.05, 4.69) is 20.5 Å². The van der Waals surface area contributed by atoms with Crippen molar-refractivity contribution in [3.05, 3.63) is 35.9 Å². The van der Waals surface area contributed by atoms with E-state index in [0.717, 1.165) is 30.9 Å². The molecule has 128 valence electrons. The standard InChI is InChI=1S/C16H22N6O2/c1-13-18-19-20-22(13)10-7-16(23)21-9-4-6-15(11-21)24-12-14-5-2-3-8-17-14/h2-3,5,8,15H,4,6-7,9-12H2,1H3/t15-/m1/s1. The van der Waals surface area contributed by atoms with Crippen LogP contribution in [0, 0.1) is 6.92 Å². The average Bonchev–Trinajstić information content (AvgIpc) is 3.04. The van der Waals surface area contributed by atoms with Crippen molar-refractivity contribution in [2.45, 2.75) is 45.4 Å². The second kappa shape index (κ2) is 7.96. The first-order valence-electron chi connectivity index (χ1n) is 8.24. The van der Waals surface area contributed by atoms with Crippen LogP contribution in [0.3, 0.4) is 0 Å². The summed E-state index contributed by atoms with van der Waals surface area (Å²) in [5.41, 5.74) is 0.912. The van der Waals surface area contributed by atoms with Crippen molar-refractivity contribution in [2.24, 2.45) is 0 Å². The third kappa shape index (κ3) is 4.35. The lowest BCUT2D eigenvalue weighted by Crippen LogP contribution is -2.43. The van der Waals surface area contributed by atoms with Crippen molar-refractivity contribution in [3.63, 3.8) is 0 Å². The Labute approximate surface area is 140 Å². The van der Waals surface area contributed by atoms with Crippen LogP contribution in [0.4, 0.5) is 0 Å². The van der Waals surface area contributed by atoms with Crippen LogP contribution in [-0.4, -0.2) is 55.2 Å². The van der Waals surface area contributed by atoms with Crippen molar-refractivity contribution in [2.75, 3.05) is 13.1 Å². The molecule has 8 nitrogen and oxygen atoms in total. The lowest BCUT2D eigenvalue weighted by atomic mass is 10.1. The van der Waals surface area contributed by atoms with Crippen LogP contribution in [0.15, 0.2) is 24.4 Å². The van der Waals surface area contributed by atoms with Crippen LogP contribution >= 0.6 is 0 Å². The van der Waals surface area contributed by atoms with Crippen LogP contribution in [0.1, 0.15) is 30.8 Å². The first-order valence-corrected chi connectivity index (χ1v) is 8.24. The van der Waals surface area contributed by atoms with Crippen molar-refractivity contribution in [1.29, 1.82) is 0 Å². The van der Waals surface area contributed by atoms with E-state index < -0.39 is 0 Å². The van der Waals surface area contributed by atoms with Gasteiger partial charge in [0.15, 0.2) is 0 Å². The maximum Gasteiger partial charge on any atom is 0.224 e. The van der Waals surface area contributed by atoms with Crippen LogP contribution in [0.25, 0.3) is 0 Å². The predicted octanol–water partition coefficient (Wildman–Crippen LogP) is 0.974. The monoisotopic (exact) mass is 330 g/mol. The fourth-order valence-corrected chi connectivity index (χ4v) is 2.80. The van der Waals surface area contributed by atoms with Gasteiger partial charge in [0.05, 0.1) is 24.9 Å². The Morgan fingerprint density at radius 2 is 2.33 bits per heavy atom. The highest BCUT2D eigenvalue weighted by Crippen LogP contribution is 2.15. The number of likely N-dealkylation sites (tertiary alicyclic amines) is 1. The number of amides is 1. The van der Waals surface area contributed by atoms with Crippen molar-refractivity contribution in [3.8, 4) is 0 Å². The van der Waals surface area contributed by atoms with E-state index in [1.807, 2.05) is 30.0 Å². The second-order valence-electron chi connectivity index (χ2n) is 5.94. The van der Waals surface area contributed by atoms with Gasteiger partial charge in [0.2, 0.25) is 5.91 Å². The van der Waals surface area contributed by atoms with Crippen LogP contribution in [-0.2, 0) is 22.7 Å². The minimum atomic E-state index is 0.0690. The minimum absolute atomic E-state index is 0.0690. The van der Waals surface area contributed by atoms with E-state index >= 15 is 0 Å². The highest BCUT2D eigenvalue weighted by Gasteiger charge is 2.24. The number of piperidine rings is 1. The maximum absolute atomic E-state index is 12.4. The molecule has 0 radical (unpaired) electrons. The van der Waals surface area contributed by atoms with Gasteiger partial charge < -0.3 is 9.64 Å². The molecule has 1 amide bonds. The summed E-state index contributed by atoms with van der Waals surface area (Å²) in [4.78, 5) is 18.5. The molecule has 0 aromatic carbocycles. The molecule has 3 heterocycles. The first-order chi connectivity index (χ1) is 11.7. The van der Waals surface area contributed by atoms with Crippen LogP contribution in [0.2, 0.25) is 0 Å². The molecule has 1 saturated heterocycles. The number of aromatic nitrogens is 5. The molecule has 2 aromatic heterocycles. The zero-order chi connectivity index (χ0) is 16.8. The number of aryl methyl sites for hydroxylation is 2. The summed E-state index contributed by atoms with van der Waals surface area (Å²) >= 11 is 0. The van der Waals surface area contributed by atoms with Gasteiger partial charge in [-0.3, -0.25) is 9.78 Å². The van der Waals surface area contributed by atoms with Gasteiger partial charge in [-0.1, -0.05) is 6.07 Å². The molecule has 8 heteroatoms. The highest BCUT2D eigenvalue weighted by molar-refractivity contribution is 5.76. The molecular formula is C16H22N6O2. The molecule has 24 heavy (non-hydrogen) atoms. The summed E-state index contributed by atoms with van der Waals surface area (Å²) in [6.45, 7) is 4.25. The molecule has 3 rings (SSSR count). The quantitative estimate of drug-likeness (QED) is 0.784. The Morgan fingerprint density at radius 3 is 3.08 bits per heavy atom. The fraction of sp³-hybridized carbons (Fsp3) is 0.562. The third-order valence-electron chi connectivity index (χ3n) is 4.17. The topological polar surface area (TPSA) is 86.0 Å². The van der Waals surface area contributed by atoms with Gasteiger partial charge >= 0.3 is 0 Å². The molecule has 0 N–H and O–H groups in total. The fourth-order valence-electron chi connectivity index (χ4n) is 2.80. The van der Waals surface area contributed by atoms with Gasteiger partial charge in [-0.15, -0.1) is 5.10 Å². The molecule has 0 unspecified atom stereocenters. The summed E-state index contributed by atoms with van der Waals surface area (Å²) in [6, 6.07) is 5.78. The lowest BCUT2D eigenvalue weighted by Gasteiger charge is -2.32. The summed E-state index contributed by atoms with van der Waals surface area (Å²) in [7, 11) is 0. The van der Waals surface area contributed by atoms with Gasteiger partial charge in [0.1, 0.15) is 5.82 Å². The molecule has 0 bridgehead atoms. The van der Waals surface area contributed by atoms with Crippen molar-refractivity contribution >= 4 is 5.91 Å². The SMILES string of the molecule is Cc1nnnn1CCC(=O)N1CCC[C@@H](OCc2ccccn2)C1. The lowest BCUT2D eigenvalue weighted by molar-refractivity contribution is -0.136. The molecule has 2 aromatic rings. The average molecular weight is 330 g/mol. The molecule has 1 aliphatic heterocycles. The Bertz CT molecular complexity index is 660. The third-order valence-corrected chi connectivity index (χ3v) is 4.17. The summed E-state index contributed by atoms with van der Waals surface area (Å²) < 4.78 is 7.57. The zero-order valence-electron chi connectivity index (χ0n) is 13.8. The van der Waals surface area contributed by atoms with Gasteiger partial charge in [-0.05, 0) is 42.3 Å². The Morgan fingerprint density at radius 1 is 1.42 bits per heavy atom. The zero-order valence-corrected chi connectivity index (χ0v) is 13.8. The van der Waals surface area contributed by atoms with Crippen molar-refractivity contribution in [1.82, 2.24) is 30.1 Å². The van der Waals surface area contributed by atoms with Crippen LogP contribution in [0.5, 0.6) is 0 Å². The van der Waals surface area contributed by atoms with E-state index in [4.69, 9.17) is 4.74 Å². The number of tetrazole rings is 1. The number of hydrogen-bond donors (Lipinski definition) is 0. The Kier molecular flexibility index (Phi) is 5.47. The van der Waals surface area contributed by atoms with Gasteiger partial charge in [0.25, 0.3) is 0 Å². The molecule has 0 saturated carbocycles. The Balaban J connectivity index is 1.46. The number of nitrogens with zero attached hydrogens (tertiary/aromatic N) is 6. The minimum Gasteiger partial charge on any atom is -0.370 e. The predicted molar refractivity (Wildman–Crippen MR) is 85.8 cm³/mol. The molecule has 0 spiro atoms. The molecular weight excluding hydrogens is 308 g/mol. The van der Waals surface area contributed by atoms with Gasteiger partial charge in [-0.25, -0.2) is 4.68 Å². The normalized spacial score (nSPS) is 17.9. The van der Waals surface area contributed by atoms with Gasteiger partial charge in [-0.2, -0.15) is 0 Å². The largest absolute Gasteiger partial charge is 0.370 e. The van der Waals surface area contributed by atoms with E-state index in [-0.39, 0.29) is 12.0 Å². The smallest absolute Gasteiger partial charge is 0.224 e. The number of ether oxygens (including phenoxy) is 1. The number of pyridine rings is 1. The summed E-state index contributed by atoms with van der Waals surface area (Å²) in [5.74, 6) is 0.842. The summed E-state index contributed by atoms with van der Waals surface area (Å²) in [5, 5.41) is 11.3. The van der Waals surface area contributed by atoms with E-state index in [9.17, 15) is 4.79 Å². The van der Waals surface area contributed by atoms with Gasteiger partial charge in [0, 0.05) is 25.7 Å². The molecule has 1 fully saturated rings. The first kappa shape index (κ1) is 16.5. The molecule has 0 aliphatic carbocycles. The highest BCUT2D eigenvalue weighted by atomic mass is 16.5. The van der Waals surface area contributed by atoms with E-state index in [1.54, 1.807) is 10.9 Å². The van der Waals surface area contributed by atoms with E-state index in [0.29, 0.717) is 26.1 Å². The molecule has 1 aliphatic rings. The maximum atomic E-state index is 12.4. The number of carbonyl (C=O) groups excluding carboxylic acids is 1. The van der Waals surface area contributed by atoms with Crippen molar-refractivity contribution < 1.29 is 9.53 Å². The number of rotatable bonds is 6. The summed E-state index contributed by atoms with van der Waals surface area (Å²) in [6.07, 6.45) is 4.17. The number of carbonyl (C=O) groups is 1. The second-order valence-corrected chi connectivity index (χ2v) is 5.94. The van der Waals surface area contributed by atoms with Crippen LogP contribution < -0.4 is 0 Å². The Hall–Kier alpha value is -2.35. The number of hydrogen-bond acceptors (Lipinski definition) is 6. The molecule has 1 atom stereocenters. The van der Waals surface area contributed by atoms with E-state index in [1.165, 1.54) is 0 Å².